The molecular formula is C101H235N11O22. The van der Waals surface area contributed by atoms with Gasteiger partial charge < -0.3 is 167 Å². The van der Waals surface area contributed by atoms with Gasteiger partial charge in [0.25, 0.3) is 0 Å². The average Bonchev–Trinajstić information content (AvgIpc) is 0.893. The lowest BCUT2D eigenvalue weighted by Gasteiger charge is -2.32. The van der Waals surface area contributed by atoms with E-state index in [1.165, 1.54) is 0 Å². The lowest BCUT2D eigenvalue weighted by atomic mass is 9.98. The van der Waals surface area contributed by atoms with Crippen molar-refractivity contribution in [3.05, 3.63) is 0 Å². The topological polar surface area (TPSA) is 489 Å². The minimum Gasteiger partial charge on any atom is -0.355 e. The molecule has 0 radical (unpaired) electrons. The van der Waals surface area contributed by atoms with Crippen molar-refractivity contribution in [1.82, 2.24) is 0 Å². The summed E-state index contributed by atoms with van der Waals surface area (Å²) in [5.74, 6) is 0.144. The smallest absolute Gasteiger partial charge is 0.163 e. The van der Waals surface area contributed by atoms with Crippen LogP contribution in [0.4, 0.5) is 0 Å². The maximum atomic E-state index is 5.84. The zero-order chi connectivity index (χ0) is 107. The first-order valence-corrected chi connectivity index (χ1v) is 50.3. The standard InChI is InChI=1S/C12H27NO2.2C11H25NO2.2C10H23NO2.2C9H21NO2.2C8H19NO2.C7H17NO2.C6H15NO2/c1-10(2,3)8-14-12(6,7)15-9-11(4,5)13;1-9(13-7-10(2,3)4)14-8-11(5,6)12;1-5-9(3)7-13-10(4)14-8-11(12)6-2;1-8(2)6-12-10(4,5)13-7-9(3)11;1-6-8(2)12-10(4,5)13-9(3)7-11;1-7(2)5-11-9(4)12-6-8(3)10;1-5-7(2)11-9(4)12-8(3)6-10;1-7(2)4-10-6-11-5-8(3)9;1-4-6-10-8(2,3)11-7-5-9;1-3-5-9-7(2)10-6-4-8;1-2-4-8-6-9-5-3-7/h8-9,13H2,1-7H3;9H,7-8,12H2,1-6H3;9-11H,5-8,12H2,1-4H3;2*8-9H,6-7,11H2,1-5H3;2*7-9H,5-6,10H2,1-4H3;7-8H,4-6,9H2,1-3H3;4-7,9H2,1-3H3;7H,3-6,8H2,1-2H3;2-7H2,1H3. The van der Waals surface area contributed by atoms with Gasteiger partial charge in [0.1, 0.15) is 13.6 Å². The van der Waals surface area contributed by atoms with Crippen LogP contribution in [0.5, 0.6) is 0 Å². The number of ether oxygens (including phenoxy) is 22. The predicted octanol–water partition coefficient (Wildman–Crippen LogP) is 16.6. The molecule has 14 unspecified atom stereocenters. The molecule has 826 valence electrons. The Labute approximate surface area is 827 Å². The van der Waals surface area contributed by atoms with E-state index in [4.69, 9.17) is 167 Å². The summed E-state index contributed by atoms with van der Waals surface area (Å²) in [6.07, 6.45) is 7.01. The zero-order valence-electron chi connectivity index (χ0n) is 95.8. The molecule has 14 atom stereocenters. The molecule has 0 aliphatic carbocycles. The summed E-state index contributed by atoms with van der Waals surface area (Å²) in [6.45, 7) is 103. The Morgan fingerprint density at radius 2 is 0.619 bits per heavy atom. The van der Waals surface area contributed by atoms with Gasteiger partial charge in [-0.25, -0.2) is 0 Å². The van der Waals surface area contributed by atoms with Crippen molar-refractivity contribution in [3.8, 4) is 0 Å². The van der Waals surface area contributed by atoms with E-state index >= 15 is 0 Å². The quantitative estimate of drug-likeness (QED) is 0.0199. The summed E-state index contributed by atoms with van der Waals surface area (Å²) in [5, 5.41) is 0. The molecule has 0 aliphatic heterocycles. The van der Waals surface area contributed by atoms with E-state index in [1.54, 1.807) is 0 Å². The molecule has 0 aromatic heterocycles. The SMILES string of the molecule is CC(C)(C)COC(C)(C)OCC(C)(C)N.CC(C)COC(C)(C)OCC(C)N.CC(C)COC(C)OCC(C)N.CC(C)COCOCC(C)N.CC(OCC(C)(C)C)OCC(C)(C)N.CCC(C)COC(C)OCC(N)CC.CCC(C)OC(C)(C)OC(C)CN.CCC(C)OC(C)OC(C)CN.CCCOC(C)(C)OCCN.CCCOC(C)OCCN.CCCOCOCCN. The Balaban J connectivity index is -0.000000138. The molecule has 0 aromatic carbocycles. The molecule has 0 aliphatic rings. The molecule has 0 rings (SSSR count). The maximum absolute atomic E-state index is 5.84. The van der Waals surface area contributed by atoms with Gasteiger partial charge in [-0.3, -0.25) is 0 Å². The fourth-order valence-electron chi connectivity index (χ4n) is 7.99. The van der Waals surface area contributed by atoms with Crippen LogP contribution in [0, 0.1) is 34.5 Å². The molecule has 33 nitrogen and oxygen atoms in total. The molecule has 0 heterocycles. The Bertz CT molecular complexity index is 2150. The molecule has 0 fully saturated rings. The van der Waals surface area contributed by atoms with E-state index in [0.29, 0.717) is 149 Å². The number of rotatable bonds is 66. The van der Waals surface area contributed by atoms with Crippen molar-refractivity contribution in [3.63, 3.8) is 0 Å². The predicted molar refractivity (Wildman–Crippen MR) is 558 cm³/mol. The van der Waals surface area contributed by atoms with Gasteiger partial charge in [0, 0.05) is 87.8 Å². The van der Waals surface area contributed by atoms with Crippen molar-refractivity contribution >= 4 is 0 Å². The molecule has 33 heteroatoms. The van der Waals surface area contributed by atoms with E-state index in [9.17, 15) is 0 Å². The van der Waals surface area contributed by atoms with Gasteiger partial charge in [-0.05, 0) is 239 Å². The normalized spacial score (nSPS) is 15.2. The molecule has 0 amide bonds. The molecule has 0 spiro atoms. The van der Waals surface area contributed by atoms with Crippen molar-refractivity contribution in [2.24, 2.45) is 97.6 Å². The summed E-state index contributed by atoms with van der Waals surface area (Å²) in [6, 6.07) is 0.360. The number of hydrogen-bond acceptors (Lipinski definition) is 33. The van der Waals surface area contributed by atoms with Gasteiger partial charge in [-0.15, -0.1) is 0 Å². The molecular weight excluding hydrogens is 1720 g/mol. The second-order valence-corrected chi connectivity index (χ2v) is 41.1. The van der Waals surface area contributed by atoms with Crippen LogP contribution in [0.1, 0.15) is 350 Å². The highest BCUT2D eigenvalue weighted by atomic mass is 16.7. The maximum Gasteiger partial charge on any atom is 0.163 e. The molecule has 22 N–H and O–H groups in total. The van der Waals surface area contributed by atoms with E-state index < -0.39 is 23.1 Å². The van der Waals surface area contributed by atoms with Gasteiger partial charge in [0.15, 0.2) is 54.6 Å². The van der Waals surface area contributed by atoms with E-state index in [1.807, 2.05) is 166 Å². The van der Waals surface area contributed by atoms with Crippen LogP contribution in [-0.4, -0.2) is 279 Å². The monoisotopic (exact) mass is 1950 g/mol. The Morgan fingerprint density at radius 1 is 0.254 bits per heavy atom. The summed E-state index contributed by atoms with van der Waals surface area (Å²) >= 11 is 0. The number of nitrogens with two attached hydrogens (primary N) is 11. The van der Waals surface area contributed by atoms with E-state index in [2.05, 4.69) is 138 Å². The van der Waals surface area contributed by atoms with Crippen molar-refractivity contribution < 1.29 is 104 Å². The van der Waals surface area contributed by atoms with Crippen LogP contribution < -0.4 is 63.1 Å². The molecule has 134 heavy (non-hydrogen) atoms. The Kier molecular flexibility index (Phi) is 113. The van der Waals surface area contributed by atoms with Gasteiger partial charge >= 0.3 is 0 Å². The minimum absolute atomic E-state index is 0.0408. The van der Waals surface area contributed by atoms with Gasteiger partial charge in [-0.1, -0.05) is 145 Å². The van der Waals surface area contributed by atoms with Crippen molar-refractivity contribution in [2.45, 2.75) is 464 Å². The van der Waals surface area contributed by atoms with Crippen LogP contribution in [0.2, 0.25) is 0 Å². The lowest BCUT2D eigenvalue weighted by molar-refractivity contribution is -0.250. The fourth-order valence-corrected chi connectivity index (χ4v) is 7.99. The summed E-state index contributed by atoms with van der Waals surface area (Å²) in [4.78, 5) is 0. The van der Waals surface area contributed by atoms with E-state index in [-0.39, 0.29) is 102 Å². The fraction of sp³-hybridized carbons (Fsp3) is 1.00. The third-order valence-corrected chi connectivity index (χ3v) is 15.8. The average molecular weight is 1960 g/mol. The summed E-state index contributed by atoms with van der Waals surface area (Å²) in [7, 11) is 0. The number of hydrogen-bond donors (Lipinski definition) is 11. The first-order valence-electron chi connectivity index (χ1n) is 50.3. The van der Waals surface area contributed by atoms with Crippen LogP contribution in [0.3, 0.4) is 0 Å². The highest BCUT2D eigenvalue weighted by molar-refractivity contribution is 4.74. The van der Waals surface area contributed by atoms with Crippen LogP contribution in [0.25, 0.3) is 0 Å². The molecule has 0 bridgehead atoms. The van der Waals surface area contributed by atoms with Gasteiger partial charge in [0.2, 0.25) is 0 Å². The van der Waals surface area contributed by atoms with Crippen LogP contribution in [-0.2, 0) is 104 Å². The van der Waals surface area contributed by atoms with Crippen molar-refractivity contribution in [1.29, 1.82) is 0 Å². The Hall–Kier alpha value is -1.32. The largest absolute Gasteiger partial charge is 0.355 e. The summed E-state index contributed by atoms with van der Waals surface area (Å²) < 4.78 is 119. The zero-order valence-corrected chi connectivity index (χ0v) is 95.8. The van der Waals surface area contributed by atoms with Gasteiger partial charge in [-0.2, -0.15) is 0 Å². The minimum atomic E-state index is -0.566. The first kappa shape index (κ1) is 155. The molecule has 0 saturated heterocycles. The van der Waals surface area contributed by atoms with Gasteiger partial charge in [0.05, 0.1) is 124 Å². The van der Waals surface area contributed by atoms with Crippen LogP contribution >= 0.6 is 0 Å². The third kappa shape index (κ3) is 156. The first-order chi connectivity index (χ1) is 61.4. The second kappa shape index (κ2) is 97.7. The molecule has 0 saturated carbocycles. The summed E-state index contributed by atoms with van der Waals surface area (Å²) in [5.41, 5.74) is 60.2. The highest BCUT2D eigenvalue weighted by Crippen LogP contribution is 2.22. The lowest BCUT2D eigenvalue weighted by Crippen LogP contribution is -2.42. The van der Waals surface area contributed by atoms with Crippen molar-refractivity contribution in [2.75, 3.05) is 165 Å². The van der Waals surface area contributed by atoms with Crippen LogP contribution in [0.15, 0.2) is 0 Å². The molecule has 0 aromatic rings. The second-order valence-electron chi connectivity index (χ2n) is 41.1. The highest BCUT2D eigenvalue weighted by Gasteiger charge is 2.27. The third-order valence-electron chi connectivity index (χ3n) is 15.8. The Morgan fingerprint density at radius 3 is 1.04 bits per heavy atom. The van der Waals surface area contributed by atoms with E-state index in [0.717, 1.165) is 84.6 Å².